The highest BCUT2D eigenvalue weighted by atomic mass is 15.2. The number of aryl methyl sites for hydroxylation is 1. The molecule has 0 saturated heterocycles. The topological polar surface area (TPSA) is 33.1 Å². The van der Waals surface area contributed by atoms with Crippen LogP contribution in [-0.4, -0.2) is 46.7 Å². The van der Waals surface area contributed by atoms with Gasteiger partial charge in [0, 0.05) is 37.6 Å². The average Bonchev–Trinajstić information content (AvgIpc) is 2.88. The van der Waals surface area contributed by atoms with Crippen LogP contribution in [-0.2, 0) is 6.54 Å². The third-order valence-electron chi connectivity index (χ3n) is 4.62. The number of rotatable bonds is 7. The molecule has 0 amide bonds. The zero-order valence-corrected chi connectivity index (χ0v) is 13.3. The summed E-state index contributed by atoms with van der Waals surface area (Å²) in [5, 5.41) is 3.66. The Bertz CT molecular complexity index is 380. The SMILES string of the molecule is CCCNC1CCC(N(C)CCn2ccnc2C)CC1. The van der Waals surface area contributed by atoms with Crippen LogP contribution in [0.2, 0.25) is 0 Å². The molecule has 0 aromatic carbocycles. The van der Waals surface area contributed by atoms with Crippen LogP contribution >= 0.6 is 0 Å². The summed E-state index contributed by atoms with van der Waals surface area (Å²) in [5.41, 5.74) is 0. The molecule has 4 heteroatoms. The fraction of sp³-hybridized carbons (Fsp3) is 0.812. The van der Waals surface area contributed by atoms with E-state index in [-0.39, 0.29) is 0 Å². The second-order valence-corrected chi connectivity index (χ2v) is 6.11. The minimum absolute atomic E-state index is 0.760. The molecule has 0 radical (unpaired) electrons. The maximum Gasteiger partial charge on any atom is 0.105 e. The maximum absolute atomic E-state index is 4.28. The molecule has 2 rings (SSSR count). The summed E-state index contributed by atoms with van der Waals surface area (Å²) in [6.45, 7) is 7.66. The highest BCUT2D eigenvalue weighted by Crippen LogP contribution is 2.22. The number of hydrogen-bond acceptors (Lipinski definition) is 3. The molecule has 1 N–H and O–H groups in total. The van der Waals surface area contributed by atoms with E-state index in [1.807, 2.05) is 6.20 Å². The quantitative estimate of drug-likeness (QED) is 0.831. The van der Waals surface area contributed by atoms with Gasteiger partial charge < -0.3 is 14.8 Å². The van der Waals surface area contributed by atoms with Gasteiger partial charge in [0.05, 0.1) is 0 Å². The number of likely N-dealkylation sites (N-methyl/N-ethyl adjacent to an activating group) is 1. The molecule has 1 aliphatic rings. The van der Waals surface area contributed by atoms with E-state index in [2.05, 4.69) is 46.9 Å². The Morgan fingerprint density at radius 1 is 1.35 bits per heavy atom. The van der Waals surface area contributed by atoms with Crippen LogP contribution in [0.15, 0.2) is 12.4 Å². The third-order valence-corrected chi connectivity index (χ3v) is 4.62. The molecule has 1 aromatic heterocycles. The number of aromatic nitrogens is 2. The summed E-state index contributed by atoms with van der Waals surface area (Å²) in [4.78, 5) is 6.82. The van der Waals surface area contributed by atoms with E-state index in [9.17, 15) is 0 Å². The summed E-state index contributed by atoms with van der Waals surface area (Å²) in [5.74, 6) is 1.12. The molecule has 0 aliphatic heterocycles. The Balaban J connectivity index is 1.69. The van der Waals surface area contributed by atoms with Crippen molar-refractivity contribution in [2.45, 2.75) is 64.6 Å². The van der Waals surface area contributed by atoms with Gasteiger partial charge in [0.2, 0.25) is 0 Å². The van der Waals surface area contributed by atoms with E-state index >= 15 is 0 Å². The number of nitrogens with one attached hydrogen (secondary N) is 1. The summed E-state index contributed by atoms with van der Waals surface area (Å²) >= 11 is 0. The lowest BCUT2D eigenvalue weighted by molar-refractivity contribution is 0.169. The molecule has 4 nitrogen and oxygen atoms in total. The molecule has 0 atom stereocenters. The molecule has 114 valence electrons. The van der Waals surface area contributed by atoms with Gasteiger partial charge in [-0.1, -0.05) is 6.92 Å². The monoisotopic (exact) mass is 278 g/mol. The van der Waals surface area contributed by atoms with Crippen molar-refractivity contribution in [3.8, 4) is 0 Å². The minimum atomic E-state index is 0.760. The number of nitrogens with zero attached hydrogens (tertiary/aromatic N) is 3. The first-order chi connectivity index (χ1) is 9.70. The van der Waals surface area contributed by atoms with E-state index in [0.717, 1.165) is 31.0 Å². The zero-order chi connectivity index (χ0) is 14.4. The van der Waals surface area contributed by atoms with E-state index < -0.39 is 0 Å². The van der Waals surface area contributed by atoms with Crippen molar-refractivity contribution < 1.29 is 0 Å². The van der Waals surface area contributed by atoms with Crippen molar-refractivity contribution in [1.29, 1.82) is 0 Å². The van der Waals surface area contributed by atoms with Crippen LogP contribution in [0.5, 0.6) is 0 Å². The van der Waals surface area contributed by atoms with Gasteiger partial charge in [0.1, 0.15) is 5.82 Å². The van der Waals surface area contributed by atoms with Gasteiger partial charge in [0.25, 0.3) is 0 Å². The molecular formula is C16H30N4. The van der Waals surface area contributed by atoms with Gasteiger partial charge in [-0.2, -0.15) is 0 Å². The summed E-state index contributed by atoms with van der Waals surface area (Å²) in [6.07, 6.45) is 10.5. The summed E-state index contributed by atoms with van der Waals surface area (Å²) in [7, 11) is 2.27. The van der Waals surface area contributed by atoms with Gasteiger partial charge in [-0.3, -0.25) is 0 Å². The fourth-order valence-electron chi connectivity index (χ4n) is 3.16. The van der Waals surface area contributed by atoms with Crippen LogP contribution in [0.4, 0.5) is 0 Å². The van der Waals surface area contributed by atoms with Gasteiger partial charge >= 0.3 is 0 Å². The van der Waals surface area contributed by atoms with E-state index in [1.54, 1.807) is 0 Å². The van der Waals surface area contributed by atoms with Gasteiger partial charge in [-0.15, -0.1) is 0 Å². The molecule has 1 aliphatic carbocycles. The first-order valence-corrected chi connectivity index (χ1v) is 8.12. The number of imidazole rings is 1. The Labute approximate surface area is 123 Å². The Hall–Kier alpha value is -0.870. The van der Waals surface area contributed by atoms with Crippen molar-refractivity contribution >= 4 is 0 Å². The molecule has 0 unspecified atom stereocenters. The largest absolute Gasteiger partial charge is 0.334 e. The van der Waals surface area contributed by atoms with Gasteiger partial charge in [0.15, 0.2) is 0 Å². The molecule has 1 heterocycles. The second-order valence-electron chi connectivity index (χ2n) is 6.11. The van der Waals surface area contributed by atoms with Crippen LogP contribution in [0, 0.1) is 6.92 Å². The van der Waals surface area contributed by atoms with Crippen LogP contribution in [0.25, 0.3) is 0 Å². The molecule has 0 spiro atoms. The predicted molar refractivity (Wildman–Crippen MR) is 83.9 cm³/mol. The van der Waals surface area contributed by atoms with Crippen molar-refractivity contribution in [1.82, 2.24) is 19.8 Å². The fourth-order valence-corrected chi connectivity index (χ4v) is 3.16. The van der Waals surface area contributed by atoms with Crippen LogP contribution < -0.4 is 5.32 Å². The lowest BCUT2D eigenvalue weighted by atomic mass is 9.90. The predicted octanol–water partition coefficient (Wildman–Crippen LogP) is 2.43. The molecule has 1 fully saturated rings. The lowest BCUT2D eigenvalue weighted by Gasteiger charge is -2.35. The molecular weight excluding hydrogens is 248 g/mol. The Kier molecular flexibility index (Phi) is 6.05. The normalized spacial score (nSPS) is 23.4. The molecule has 20 heavy (non-hydrogen) atoms. The zero-order valence-electron chi connectivity index (χ0n) is 13.3. The van der Waals surface area contributed by atoms with Crippen molar-refractivity contribution in [3.05, 3.63) is 18.2 Å². The third kappa shape index (κ3) is 4.32. The molecule has 0 bridgehead atoms. The maximum atomic E-state index is 4.28. The Morgan fingerprint density at radius 3 is 2.70 bits per heavy atom. The second kappa shape index (κ2) is 7.79. The van der Waals surface area contributed by atoms with E-state index in [0.29, 0.717) is 0 Å². The summed E-state index contributed by atoms with van der Waals surface area (Å²) < 4.78 is 2.24. The lowest BCUT2D eigenvalue weighted by Crippen LogP contribution is -2.42. The summed E-state index contributed by atoms with van der Waals surface area (Å²) in [6, 6.07) is 1.52. The van der Waals surface area contributed by atoms with Crippen LogP contribution in [0.3, 0.4) is 0 Å². The van der Waals surface area contributed by atoms with Crippen molar-refractivity contribution in [2.24, 2.45) is 0 Å². The van der Waals surface area contributed by atoms with E-state index in [4.69, 9.17) is 0 Å². The Morgan fingerprint density at radius 2 is 2.10 bits per heavy atom. The standard InChI is InChI=1S/C16H30N4/c1-4-9-18-15-5-7-16(8-6-15)19(3)12-13-20-11-10-17-14(20)2/h10-11,15-16,18H,4-9,12-13H2,1-3H3. The highest BCUT2D eigenvalue weighted by molar-refractivity contribution is 4.89. The molecule has 1 aromatic rings. The first kappa shape index (κ1) is 15.5. The smallest absolute Gasteiger partial charge is 0.105 e. The number of hydrogen-bond donors (Lipinski definition) is 1. The minimum Gasteiger partial charge on any atom is -0.334 e. The van der Waals surface area contributed by atoms with Crippen LogP contribution in [0.1, 0.15) is 44.9 Å². The van der Waals surface area contributed by atoms with E-state index in [1.165, 1.54) is 38.6 Å². The average molecular weight is 278 g/mol. The highest BCUT2D eigenvalue weighted by Gasteiger charge is 2.23. The van der Waals surface area contributed by atoms with Crippen molar-refractivity contribution in [2.75, 3.05) is 20.1 Å². The van der Waals surface area contributed by atoms with Gasteiger partial charge in [-0.25, -0.2) is 4.98 Å². The first-order valence-electron chi connectivity index (χ1n) is 8.12. The van der Waals surface area contributed by atoms with Gasteiger partial charge in [-0.05, 0) is 52.6 Å². The molecule has 1 saturated carbocycles. The van der Waals surface area contributed by atoms with Crippen molar-refractivity contribution in [3.63, 3.8) is 0 Å².